The lowest BCUT2D eigenvalue weighted by molar-refractivity contribution is -0.136. The monoisotopic (exact) mass is 333 g/mol. The molecule has 5 nitrogen and oxygen atoms in total. The van der Waals surface area contributed by atoms with Crippen LogP contribution in [0.4, 0.5) is 11.4 Å². The quantitative estimate of drug-likeness (QED) is 0.877. The summed E-state index contributed by atoms with van der Waals surface area (Å²) >= 11 is 0. The van der Waals surface area contributed by atoms with Crippen LogP contribution in [0.3, 0.4) is 0 Å². The van der Waals surface area contributed by atoms with Crippen LogP contribution < -0.4 is 10.2 Å². The molecule has 25 heavy (non-hydrogen) atoms. The van der Waals surface area contributed by atoms with E-state index in [2.05, 4.69) is 5.32 Å². The van der Waals surface area contributed by atoms with Crippen LogP contribution in [0.15, 0.2) is 48.5 Å². The number of anilines is 2. The lowest BCUT2D eigenvalue weighted by atomic mass is 9.90. The van der Waals surface area contributed by atoms with E-state index in [9.17, 15) is 9.59 Å². The van der Waals surface area contributed by atoms with Gasteiger partial charge in [0, 0.05) is 12.2 Å². The lowest BCUT2D eigenvalue weighted by Crippen LogP contribution is -2.47. The molecular weight excluding hydrogens is 314 g/mol. The molecule has 0 spiro atoms. The number of carbonyl (C=O) groups excluding carboxylic acids is 2. The van der Waals surface area contributed by atoms with E-state index in [1.165, 1.54) is 0 Å². The average Bonchev–Trinajstić information content (AvgIpc) is 3.05. The summed E-state index contributed by atoms with van der Waals surface area (Å²) in [6.07, 6.45) is 0.789. The van der Waals surface area contributed by atoms with Crippen molar-refractivity contribution < 1.29 is 9.59 Å². The highest BCUT2D eigenvalue weighted by atomic mass is 16.2. The van der Waals surface area contributed by atoms with E-state index in [4.69, 9.17) is 5.26 Å². The summed E-state index contributed by atoms with van der Waals surface area (Å²) in [4.78, 5) is 27.4. The zero-order valence-electron chi connectivity index (χ0n) is 14.2. The molecule has 2 amide bonds. The molecule has 0 aliphatic carbocycles. The second-order valence-corrected chi connectivity index (χ2v) is 6.57. The summed E-state index contributed by atoms with van der Waals surface area (Å²) < 4.78 is 0. The number of carbonyl (C=O) groups is 2. The van der Waals surface area contributed by atoms with Crippen LogP contribution in [-0.4, -0.2) is 18.4 Å². The number of nitrogens with one attached hydrogen (secondary N) is 1. The van der Waals surface area contributed by atoms with Gasteiger partial charge >= 0.3 is 0 Å². The molecule has 0 unspecified atom stereocenters. The molecule has 0 fully saturated rings. The van der Waals surface area contributed by atoms with Crippen molar-refractivity contribution in [3.63, 3.8) is 0 Å². The normalized spacial score (nSPS) is 13.1. The Morgan fingerprint density at radius 3 is 2.56 bits per heavy atom. The molecule has 3 rings (SSSR count). The zero-order chi connectivity index (χ0) is 18.0. The fourth-order valence-electron chi connectivity index (χ4n) is 2.95. The third-order valence-electron chi connectivity index (χ3n) is 4.53. The fourth-order valence-corrected chi connectivity index (χ4v) is 2.95. The Labute approximate surface area is 146 Å². The van der Waals surface area contributed by atoms with Gasteiger partial charge in [0.15, 0.2) is 0 Å². The van der Waals surface area contributed by atoms with Gasteiger partial charge in [0.05, 0.1) is 11.3 Å². The van der Waals surface area contributed by atoms with Gasteiger partial charge in [-0.1, -0.05) is 30.3 Å². The zero-order valence-corrected chi connectivity index (χ0v) is 14.2. The second-order valence-electron chi connectivity index (χ2n) is 6.57. The van der Waals surface area contributed by atoms with Crippen LogP contribution in [-0.2, 0) is 16.0 Å². The summed E-state index contributed by atoms with van der Waals surface area (Å²) in [5.41, 5.74) is 1.51. The maximum atomic E-state index is 13.0. The molecule has 0 saturated heterocycles. The van der Waals surface area contributed by atoms with Crippen molar-refractivity contribution in [2.24, 2.45) is 5.41 Å². The first kappa shape index (κ1) is 16.7. The summed E-state index contributed by atoms with van der Waals surface area (Å²) in [6, 6.07) is 16.5. The van der Waals surface area contributed by atoms with E-state index in [1.807, 2.05) is 30.3 Å². The fraction of sp³-hybridized carbons (Fsp3) is 0.250. The standard InChI is InChI=1S/C20H19N3O2/c1-20(2,18(24)22-16-9-5-3-8-15(16)13-21)19(25)23-12-11-14-7-4-6-10-17(14)23/h3-10H,11-12H2,1-2H3,(H,22,24). The van der Waals surface area contributed by atoms with Gasteiger partial charge in [-0.25, -0.2) is 0 Å². The van der Waals surface area contributed by atoms with Crippen molar-refractivity contribution in [3.05, 3.63) is 59.7 Å². The number of fused-ring (bicyclic) bond motifs is 1. The molecule has 1 heterocycles. The summed E-state index contributed by atoms with van der Waals surface area (Å²) in [7, 11) is 0. The van der Waals surface area contributed by atoms with Crippen molar-refractivity contribution in [1.82, 2.24) is 0 Å². The second kappa shape index (κ2) is 6.40. The van der Waals surface area contributed by atoms with Crippen LogP contribution in [0.1, 0.15) is 25.0 Å². The SMILES string of the molecule is CC(C)(C(=O)Nc1ccccc1C#N)C(=O)N1CCc2ccccc21. The molecule has 1 aliphatic rings. The molecule has 5 heteroatoms. The van der Waals surface area contributed by atoms with Gasteiger partial charge in [-0.2, -0.15) is 5.26 Å². The Kier molecular flexibility index (Phi) is 4.28. The Balaban J connectivity index is 1.83. The first-order chi connectivity index (χ1) is 11.9. The van der Waals surface area contributed by atoms with Crippen LogP contribution in [0, 0.1) is 16.7 Å². The van der Waals surface area contributed by atoms with Gasteiger partial charge < -0.3 is 10.2 Å². The van der Waals surface area contributed by atoms with Crippen molar-refractivity contribution in [2.45, 2.75) is 20.3 Å². The maximum Gasteiger partial charge on any atom is 0.242 e. The van der Waals surface area contributed by atoms with Crippen molar-refractivity contribution in [2.75, 3.05) is 16.8 Å². The largest absolute Gasteiger partial charge is 0.324 e. The molecule has 0 aromatic heterocycles. The number of para-hydroxylation sites is 2. The van der Waals surface area contributed by atoms with Gasteiger partial charge in [-0.3, -0.25) is 9.59 Å². The Hall–Kier alpha value is -3.13. The van der Waals surface area contributed by atoms with Crippen LogP contribution in [0.5, 0.6) is 0 Å². The van der Waals surface area contributed by atoms with E-state index in [-0.39, 0.29) is 5.91 Å². The molecule has 0 bridgehead atoms. The molecular formula is C20H19N3O2. The van der Waals surface area contributed by atoms with E-state index in [0.29, 0.717) is 17.8 Å². The van der Waals surface area contributed by atoms with Gasteiger partial charge in [-0.05, 0) is 44.0 Å². The van der Waals surface area contributed by atoms with E-state index in [1.54, 1.807) is 43.0 Å². The first-order valence-electron chi connectivity index (χ1n) is 8.15. The number of amides is 2. The molecule has 0 atom stereocenters. The van der Waals surface area contributed by atoms with Crippen LogP contribution in [0.25, 0.3) is 0 Å². The Morgan fingerprint density at radius 2 is 1.80 bits per heavy atom. The highest BCUT2D eigenvalue weighted by Gasteiger charge is 2.41. The number of nitriles is 1. The van der Waals surface area contributed by atoms with Crippen LogP contribution >= 0.6 is 0 Å². The number of nitrogens with zero attached hydrogens (tertiary/aromatic N) is 2. The summed E-state index contributed by atoms with van der Waals surface area (Å²) in [6.45, 7) is 3.80. The van der Waals surface area contributed by atoms with E-state index >= 15 is 0 Å². The van der Waals surface area contributed by atoms with E-state index < -0.39 is 11.3 Å². The molecule has 0 saturated carbocycles. The number of rotatable bonds is 3. The number of hydrogen-bond donors (Lipinski definition) is 1. The predicted molar refractivity (Wildman–Crippen MR) is 96.1 cm³/mol. The van der Waals surface area contributed by atoms with Crippen molar-refractivity contribution in [1.29, 1.82) is 5.26 Å². The van der Waals surface area contributed by atoms with Crippen molar-refractivity contribution in [3.8, 4) is 6.07 Å². The number of benzene rings is 2. The minimum atomic E-state index is -1.25. The molecule has 126 valence electrons. The minimum Gasteiger partial charge on any atom is -0.324 e. The van der Waals surface area contributed by atoms with Gasteiger partial charge in [0.2, 0.25) is 11.8 Å². The van der Waals surface area contributed by atoms with Gasteiger partial charge in [0.1, 0.15) is 11.5 Å². The topological polar surface area (TPSA) is 73.2 Å². The molecule has 1 N–H and O–H groups in total. The summed E-state index contributed by atoms with van der Waals surface area (Å²) in [5.74, 6) is -0.672. The highest BCUT2D eigenvalue weighted by Crippen LogP contribution is 2.32. The maximum absolute atomic E-state index is 13.0. The number of hydrogen-bond acceptors (Lipinski definition) is 3. The van der Waals surface area contributed by atoms with Gasteiger partial charge in [-0.15, -0.1) is 0 Å². The lowest BCUT2D eigenvalue weighted by Gasteiger charge is -2.28. The molecule has 2 aromatic rings. The van der Waals surface area contributed by atoms with Gasteiger partial charge in [0.25, 0.3) is 0 Å². The molecule has 0 radical (unpaired) electrons. The minimum absolute atomic E-state index is 0.246. The highest BCUT2D eigenvalue weighted by molar-refractivity contribution is 6.15. The third-order valence-corrected chi connectivity index (χ3v) is 4.53. The molecule has 1 aliphatic heterocycles. The first-order valence-corrected chi connectivity index (χ1v) is 8.15. The smallest absolute Gasteiger partial charge is 0.242 e. The average molecular weight is 333 g/mol. The van der Waals surface area contributed by atoms with Crippen LogP contribution in [0.2, 0.25) is 0 Å². The van der Waals surface area contributed by atoms with Crippen molar-refractivity contribution >= 4 is 23.2 Å². The third kappa shape index (κ3) is 2.99. The Bertz CT molecular complexity index is 881. The summed E-state index contributed by atoms with van der Waals surface area (Å²) in [5, 5.41) is 11.9. The predicted octanol–water partition coefficient (Wildman–Crippen LogP) is 3.11. The van der Waals surface area contributed by atoms with E-state index in [0.717, 1.165) is 17.7 Å². The molecule has 2 aromatic carbocycles. The Morgan fingerprint density at radius 1 is 1.12 bits per heavy atom.